The molecule has 168 valence electrons. The summed E-state index contributed by atoms with van der Waals surface area (Å²) in [7, 11) is 0. The summed E-state index contributed by atoms with van der Waals surface area (Å²) >= 11 is 1.90. The van der Waals surface area contributed by atoms with Gasteiger partial charge in [-0.05, 0) is 65.4 Å². The van der Waals surface area contributed by atoms with E-state index in [0.717, 1.165) is 19.3 Å². The standard InChI is InChI=1S/C27H26S.2C2H6/c1-3-5-12-21-19-22-15-10-7-11-16-24(22)27(23(21)4-2)26-18-17-25(28-26)20-13-8-6-9-14-20;2*1-2/h3,5-9,11,13-19H,4,10,12H2,1-2H3;2*1-2H3. The molecule has 0 N–H and O–H groups in total. The van der Waals surface area contributed by atoms with Crippen molar-refractivity contribution in [1.29, 1.82) is 0 Å². The highest BCUT2D eigenvalue weighted by Gasteiger charge is 2.14. The second-order valence-corrected chi connectivity index (χ2v) is 8.17. The van der Waals surface area contributed by atoms with E-state index in [0.29, 0.717) is 0 Å². The minimum atomic E-state index is 0.997. The molecule has 0 fully saturated rings. The van der Waals surface area contributed by atoms with Crippen LogP contribution in [0.1, 0.15) is 59.1 Å². The molecule has 1 aliphatic carbocycles. The third-order valence-electron chi connectivity index (χ3n) is 5.31. The number of rotatable bonds is 5. The molecule has 0 radical (unpaired) electrons. The van der Waals surface area contributed by atoms with Gasteiger partial charge in [0.05, 0.1) is 0 Å². The third kappa shape index (κ3) is 5.99. The van der Waals surface area contributed by atoms with Crippen LogP contribution in [-0.4, -0.2) is 0 Å². The van der Waals surface area contributed by atoms with Crippen LogP contribution in [0.5, 0.6) is 0 Å². The zero-order valence-corrected chi connectivity index (χ0v) is 21.4. The van der Waals surface area contributed by atoms with E-state index in [1.165, 1.54) is 42.4 Å². The van der Waals surface area contributed by atoms with Crippen LogP contribution in [0, 0.1) is 0 Å². The maximum absolute atomic E-state index is 2.41. The molecule has 0 aliphatic heterocycles. The number of allylic oxidation sites excluding steroid dienone is 4. The fourth-order valence-corrected chi connectivity index (χ4v) is 5.05. The minimum absolute atomic E-state index is 0.997. The van der Waals surface area contributed by atoms with Crippen LogP contribution in [0.15, 0.2) is 72.8 Å². The quantitative estimate of drug-likeness (QED) is 0.348. The maximum Gasteiger partial charge on any atom is 0.0358 e. The van der Waals surface area contributed by atoms with Gasteiger partial charge in [0.15, 0.2) is 0 Å². The molecule has 3 aromatic rings. The van der Waals surface area contributed by atoms with E-state index in [2.05, 4.69) is 98.8 Å². The Kier molecular flexibility index (Phi) is 11.0. The van der Waals surface area contributed by atoms with Crippen LogP contribution in [0.2, 0.25) is 0 Å². The number of thiophene rings is 1. The minimum Gasteiger partial charge on any atom is -0.135 e. The van der Waals surface area contributed by atoms with Crippen LogP contribution < -0.4 is 10.4 Å². The monoisotopic (exact) mass is 442 g/mol. The fraction of sp³-hybridized carbons (Fsp3) is 0.290. The molecule has 0 unspecified atom stereocenters. The molecule has 0 bridgehead atoms. The van der Waals surface area contributed by atoms with Gasteiger partial charge in [0.2, 0.25) is 0 Å². The highest BCUT2D eigenvalue weighted by atomic mass is 32.1. The van der Waals surface area contributed by atoms with E-state index in [9.17, 15) is 0 Å². The molecule has 1 aliphatic rings. The molecule has 1 heteroatoms. The molecule has 0 atom stereocenters. The van der Waals surface area contributed by atoms with E-state index in [-0.39, 0.29) is 0 Å². The average molecular weight is 443 g/mol. The number of hydrogen-bond donors (Lipinski definition) is 0. The average Bonchev–Trinajstić information content (AvgIpc) is 3.23. The molecule has 0 saturated heterocycles. The van der Waals surface area contributed by atoms with Crippen molar-refractivity contribution < 1.29 is 0 Å². The largest absolute Gasteiger partial charge is 0.135 e. The van der Waals surface area contributed by atoms with Crippen molar-refractivity contribution >= 4 is 23.5 Å². The van der Waals surface area contributed by atoms with Crippen LogP contribution in [0.3, 0.4) is 0 Å². The van der Waals surface area contributed by atoms with Gasteiger partial charge < -0.3 is 0 Å². The van der Waals surface area contributed by atoms with Crippen molar-refractivity contribution in [2.75, 3.05) is 0 Å². The first kappa shape index (κ1) is 25.6. The molecule has 0 saturated carbocycles. The Morgan fingerprint density at radius 1 is 0.938 bits per heavy atom. The van der Waals surface area contributed by atoms with Crippen LogP contribution in [0.25, 0.3) is 33.0 Å². The van der Waals surface area contributed by atoms with Gasteiger partial charge in [-0.3, -0.25) is 0 Å². The van der Waals surface area contributed by atoms with E-state index in [1.54, 1.807) is 0 Å². The Bertz CT molecular complexity index is 1140. The Labute approximate surface area is 199 Å². The lowest BCUT2D eigenvalue weighted by atomic mass is 9.92. The number of benzene rings is 2. The summed E-state index contributed by atoms with van der Waals surface area (Å²) in [5.74, 6) is 0. The third-order valence-corrected chi connectivity index (χ3v) is 6.46. The highest BCUT2D eigenvalue weighted by Crippen LogP contribution is 2.35. The summed E-state index contributed by atoms with van der Waals surface area (Å²) in [6, 6.07) is 17.7. The summed E-state index contributed by atoms with van der Waals surface area (Å²) in [5, 5.41) is 2.74. The lowest BCUT2D eigenvalue weighted by Crippen LogP contribution is -2.29. The lowest BCUT2D eigenvalue weighted by Gasteiger charge is -2.14. The van der Waals surface area contributed by atoms with Crippen molar-refractivity contribution in [3.05, 3.63) is 94.4 Å². The fourth-order valence-electron chi connectivity index (χ4n) is 3.95. The molecular formula is C31H38S. The Hall–Kier alpha value is -2.64. The van der Waals surface area contributed by atoms with Crippen molar-refractivity contribution in [1.82, 2.24) is 0 Å². The summed E-state index contributed by atoms with van der Waals surface area (Å²) in [4.78, 5) is 2.70. The van der Waals surface area contributed by atoms with E-state index in [4.69, 9.17) is 0 Å². The first-order chi connectivity index (χ1) is 15.8. The second-order valence-electron chi connectivity index (χ2n) is 7.08. The molecule has 2 aromatic carbocycles. The maximum atomic E-state index is 2.41. The molecule has 4 rings (SSSR count). The van der Waals surface area contributed by atoms with Gasteiger partial charge >= 0.3 is 0 Å². The summed E-state index contributed by atoms with van der Waals surface area (Å²) in [6.07, 6.45) is 16.6. The predicted molar refractivity (Wildman–Crippen MR) is 148 cm³/mol. The smallest absolute Gasteiger partial charge is 0.0358 e. The van der Waals surface area contributed by atoms with Crippen LogP contribution in [-0.2, 0) is 12.8 Å². The number of fused-ring (bicyclic) bond motifs is 1. The highest BCUT2D eigenvalue weighted by molar-refractivity contribution is 7.18. The van der Waals surface area contributed by atoms with E-state index in [1.807, 2.05) is 39.0 Å². The van der Waals surface area contributed by atoms with Crippen LogP contribution >= 0.6 is 11.3 Å². The summed E-state index contributed by atoms with van der Waals surface area (Å²) in [6.45, 7) is 12.4. The predicted octanol–water partition coefficient (Wildman–Crippen LogP) is 8.34. The van der Waals surface area contributed by atoms with Gasteiger partial charge in [0.1, 0.15) is 0 Å². The molecule has 32 heavy (non-hydrogen) atoms. The normalized spacial score (nSPS) is 11.8. The summed E-state index contributed by atoms with van der Waals surface area (Å²) < 4.78 is 0. The van der Waals surface area contributed by atoms with E-state index >= 15 is 0 Å². The van der Waals surface area contributed by atoms with Gasteiger partial charge in [0.25, 0.3) is 0 Å². The first-order valence-electron chi connectivity index (χ1n) is 12.1. The van der Waals surface area contributed by atoms with Crippen molar-refractivity contribution in [2.45, 2.75) is 60.8 Å². The molecule has 0 spiro atoms. The zero-order chi connectivity index (χ0) is 23.3. The molecule has 1 heterocycles. The van der Waals surface area contributed by atoms with Gasteiger partial charge in [-0.1, -0.05) is 107 Å². The number of hydrogen-bond acceptors (Lipinski definition) is 1. The first-order valence-corrected chi connectivity index (χ1v) is 12.9. The van der Waals surface area contributed by atoms with Crippen molar-refractivity contribution in [2.24, 2.45) is 0 Å². The Morgan fingerprint density at radius 3 is 2.34 bits per heavy atom. The molecule has 0 amide bonds. The summed E-state index contributed by atoms with van der Waals surface area (Å²) in [5.41, 5.74) is 5.66. The van der Waals surface area contributed by atoms with Crippen molar-refractivity contribution in [3.8, 4) is 20.9 Å². The van der Waals surface area contributed by atoms with Crippen LogP contribution in [0.4, 0.5) is 0 Å². The van der Waals surface area contributed by atoms with Gasteiger partial charge in [-0.25, -0.2) is 0 Å². The van der Waals surface area contributed by atoms with Crippen molar-refractivity contribution in [3.63, 3.8) is 0 Å². The second kappa shape index (κ2) is 13.7. The van der Waals surface area contributed by atoms with E-state index < -0.39 is 0 Å². The topological polar surface area (TPSA) is 0 Å². The molecular weight excluding hydrogens is 404 g/mol. The lowest BCUT2D eigenvalue weighted by molar-refractivity contribution is 1.07. The molecule has 1 aromatic heterocycles. The Morgan fingerprint density at radius 2 is 1.66 bits per heavy atom. The van der Waals surface area contributed by atoms with Gasteiger partial charge in [-0.15, -0.1) is 11.3 Å². The SMILES string of the molecule is CC.CC.CC=CCc1cc2c(c(-c3ccc(-c4ccccc4)s3)c1CC)=CC=CCC=2. The van der Waals surface area contributed by atoms with Gasteiger partial charge in [0, 0.05) is 15.3 Å². The Balaban J connectivity index is 0.000000860. The van der Waals surface area contributed by atoms with Gasteiger partial charge in [-0.2, -0.15) is 0 Å². The molecule has 0 nitrogen and oxygen atoms in total. The zero-order valence-electron chi connectivity index (χ0n) is 20.6.